The number of nitro groups is 1. The molecule has 4 aromatic rings. The van der Waals surface area contributed by atoms with E-state index in [1.165, 1.54) is 17.0 Å². The number of nitro benzene ring substituents is 1. The number of carbonyl (C=O) groups is 2. The Morgan fingerprint density at radius 3 is 2.36 bits per heavy atom. The summed E-state index contributed by atoms with van der Waals surface area (Å²) < 4.78 is 5.79. The number of thiocarbonyl (C=S) groups is 1. The van der Waals surface area contributed by atoms with Crippen molar-refractivity contribution < 1.29 is 19.2 Å². The molecule has 0 aliphatic carbocycles. The third-order valence-electron chi connectivity index (χ3n) is 5.52. The third kappa shape index (κ3) is 5.84. The average molecular weight is 555 g/mol. The van der Waals surface area contributed by atoms with E-state index in [-0.39, 0.29) is 16.4 Å². The quantitative estimate of drug-likeness (QED) is 0.101. The molecule has 11 heteroatoms. The van der Waals surface area contributed by atoms with E-state index >= 15 is 0 Å². The standard InChI is InChI=1S/C28H18N4O5S2/c33-26-22(16-18-9-14-24(23(17-18)32(35)36)39-25-8-4-5-15-29-25)27(34)31(28(38)30-26)19-10-12-21(13-11-19)37-20-6-2-1-3-7-20/h1-17H,(H,30,33,38). The zero-order chi connectivity index (χ0) is 27.4. The summed E-state index contributed by atoms with van der Waals surface area (Å²) in [4.78, 5) is 43.1. The van der Waals surface area contributed by atoms with Crippen molar-refractivity contribution in [3.8, 4) is 11.5 Å². The number of ether oxygens (including phenoxy) is 1. The number of amides is 2. The summed E-state index contributed by atoms with van der Waals surface area (Å²) in [5.41, 5.74) is 0.340. The Labute approximate surface area is 232 Å². The summed E-state index contributed by atoms with van der Waals surface area (Å²) in [6.07, 6.45) is 2.90. The fraction of sp³-hybridized carbons (Fsp3) is 0. The van der Waals surface area contributed by atoms with E-state index in [1.807, 2.05) is 30.3 Å². The number of hydrogen-bond donors (Lipinski definition) is 1. The molecule has 1 saturated heterocycles. The lowest BCUT2D eigenvalue weighted by Gasteiger charge is -2.29. The molecule has 0 radical (unpaired) electrons. The molecule has 0 spiro atoms. The van der Waals surface area contributed by atoms with Crippen molar-refractivity contribution in [3.05, 3.63) is 118 Å². The van der Waals surface area contributed by atoms with Crippen LogP contribution in [0.4, 0.5) is 11.4 Å². The van der Waals surface area contributed by atoms with Crippen LogP contribution in [0.15, 0.2) is 113 Å². The van der Waals surface area contributed by atoms with Crippen molar-refractivity contribution in [2.45, 2.75) is 9.92 Å². The van der Waals surface area contributed by atoms with Crippen molar-refractivity contribution in [3.63, 3.8) is 0 Å². The van der Waals surface area contributed by atoms with Gasteiger partial charge >= 0.3 is 0 Å². The van der Waals surface area contributed by atoms with Gasteiger partial charge in [-0.05, 0) is 78.5 Å². The van der Waals surface area contributed by atoms with Gasteiger partial charge in [0.2, 0.25) is 0 Å². The maximum absolute atomic E-state index is 13.4. The molecule has 5 rings (SSSR count). The number of benzene rings is 3. The van der Waals surface area contributed by atoms with Crippen LogP contribution < -0.4 is 15.0 Å². The molecule has 1 aliphatic heterocycles. The van der Waals surface area contributed by atoms with Crippen LogP contribution in [0, 0.1) is 10.1 Å². The second-order valence-electron chi connectivity index (χ2n) is 8.12. The third-order valence-corrected chi connectivity index (χ3v) is 6.82. The van der Waals surface area contributed by atoms with Gasteiger partial charge in [-0.25, -0.2) is 4.98 Å². The van der Waals surface area contributed by atoms with E-state index < -0.39 is 16.7 Å². The van der Waals surface area contributed by atoms with E-state index in [0.717, 1.165) is 11.8 Å². The summed E-state index contributed by atoms with van der Waals surface area (Å²) in [5, 5.41) is 14.8. The molecule has 0 saturated carbocycles. The van der Waals surface area contributed by atoms with E-state index in [9.17, 15) is 19.7 Å². The molecule has 0 atom stereocenters. The smallest absolute Gasteiger partial charge is 0.283 e. The van der Waals surface area contributed by atoms with Crippen LogP contribution in [0.3, 0.4) is 0 Å². The highest BCUT2D eigenvalue weighted by Crippen LogP contribution is 2.35. The largest absolute Gasteiger partial charge is 0.457 e. The first-order valence-electron chi connectivity index (χ1n) is 11.5. The molecular weight excluding hydrogens is 536 g/mol. The second-order valence-corrected chi connectivity index (χ2v) is 9.57. The van der Waals surface area contributed by atoms with Crippen LogP contribution in [0.25, 0.3) is 6.08 Å². The predicted octanol–water partition coefficient (Wildman–Crippen LogP) is 5.76. The van der Waals surface area contributed by atoms with Crippen molar-refractivity contribution in [2.24, 2.45) is 0 Å². The maximum atomic E-state index is 13.4. The fourth-order valence-electron chi connectivity index (χ4n) is 3.72. The Morgan fingerprint density at radius 1 is 0.949 bits per heavy atom. The van der Waals surface area contributed by atoms with E-state index in [2.05, 4.69) is 10.3 Å². The zero-order valence-electron chi connectivity index (χ0n) is 20.0. The van der Waals surface area contributed by atoms with Gasteiger partial charge in [-0.15, -0.1) is 0 Å². The van der Waals surface area contributed by atoms with Crippen LogP contribution >= 0.6 is 24.0 Å². The number of aromatic nitrogens is 1. The summed E-state index contributed by atoms with van der Waals surface area (Å²) in [7, 11) is 0. The molecule has 3 aromatic carbocycles. The fourth-order valence-corrected chi connectivity index (χ4v) is 4.86. The molecular formula is C28H18N4O5S2. The number of nitrogens with zero attached hydrogens (tertiary/aromatic N) is 3. The van der Waals surface area contributed by atoms with Gasteiger partial charge < -0.3 is 4.74 Å². The molecule has 39 heavy (non-hydrogen) atoms. The topological polar surface area (TPSA) is 115 Å². The molecule has 9 nitrogen and oxygen atoms in total. The normalized spacial score (nSPS) is 14.3. The van der Waals surface area contributed by atoms with Gasteiger partial charge in [0, 0.05) is 12.3 Å². The first-order valence-corrected chi connectivity index (χ1v) is 12.7. The van der Waals surface area contributed by atoms with Gasteiger partial charge in [0.05, 0.1) is 15.5 Å². The number of hydrogen-bond acceptors (Lipinski definition) is 8. The van der Waals surface area contributed by atoms with Crippen molar-refractivity contribution in [1.29, 1.82) is 0 Å². The molecule has 0 bridgehead atoms. The van der Waals surface area contributed by atoms with E-state index in [4.69, 9.17) is 17.0 Å². The monoisotopic (exact) mass is 554 g/mol. The van der Waals surface area contributed by atoms with Crippen LogP contribution in [0.1, 0.15) is 5.56 Å². The Hall–Kier alpha value is -4.87. The molecule has 1 fully saturated rings. The molecule has 2 amide bonds. The van der Waals surface area contributed by atoms with Gasteiger partial charge in [-0.3, -0.25) is 29.9 Å². The molecule has 192 valence electrons. The van der Waals surface area contributed by atoms with Crippen LogP contribution in [0.5, 0.6) is 11.5 Å². The molecule has 2 heterocycles. The lowest BCUT2D eigenvalue weighted by Crippen LogP contribution is -2.54. The minimum absolute atomic E-state index is 0.0769. The van der Waals surface area contributed by atoms with Gasteiger partial charge in [-0.1, -0.05) is 42.1 Å². The zero-order valence-corrected chi connectivity index (χ0v) is 21.6. The van der Waals surface area contributed by atoms with Crippen LogP contribution in [-0.2, 0) is 9.59 Å². The van der Waals surface area contributed by atoms with E-state index in [0.29, 0.717) is 32.7 Å². The summed E-state index contributed by atoms with van der Waals surface area (Å²) in [6, 6.07) is 25.6. The predicted molar refractivity (Wildman–Crippen MR) is 151 cm³/mol. The first kappa shape index (κ1) is 25.8. The first-order chi connectivity index (χ1) is 18.9. The number of nitrogens with one attached hydrogen (secondary N) is 1. The van der Waals surface area contributed by atoms with Crippen LogP contribution in [0.2, 0.25) is 0 Å². The number of rotatable bonds is 7. The van der Waals surface area contributed by atoms with Crippen molar-refractivity contribution in [1.82, 2.24) is 10.3 Å². The highest BCUT2D eigenvalue weighted by atomic mass is 32.2. The number of pyridine rings is 1. The van der Waals surface area contributed by atoms with Crippen LogP contribution in [-0.4, -0.2) is 26.8 Å². The minimum Gasteiger partial charge on any atom is -0.457 e. The minimum atomic E-state index is -0.695. The highest BCUT2D eigenvalue weighted by Gasteiger charge is 2.34. The molecule has 0 unspecified atom stereocenters. The number of anilines is 1. The van der Waals surface area contributed by atoms with Gasteiger partial charge in [0.15, 0.2) is 5.11 Å². The summed E-state index contributed by atoms with van der Waals surface area (Å²) in [5.74, 6) is -0.142. The van der Waals surface area contributed by atoms with Gasteiger partial charge in [0.25, 0.3) is 17.5 Å². The summed E-state index contributed by atoms with van der Waals surface area (Å²) >= 11 is 6.41. The SMILES string of the molecule is O=C1NC(=S)N(c2ccc(Oc3ccccc3)cc2)C(=O)C1=Cc1ccc(Sc2ccccn2)c([N+](=O)[O-])c1. The number of para-hydroxylation sites is 1. The Morgan fingerprint density at radius 2 is 1.67 bits per heavy atom. The molecule has 1 N–H and O–H groups in total. The number of carbonyl (C=O) groups excluding carboxylic acids is 2. The summed E-state index contributed by atoms with van der Waals surface area (Å²) in [6.45, 7) is 0. The van der Waals surface area contributed by atoms with Crippen molar-refractivity contribution in [2.75, 3.05) is 4.90 Å². The van der Waals surface area contributed by atoms with Gasteiger partial charge in [0.1, 0.15) is 22.1 Å². The lowest BCUT2D eigenvalue weighted by molar-refractivity contribution is -0.387. The Balaban J connectivity index is 1.41. The van der Waals surface area contributed by atoms with Gasteiger partial charge in [-0.2, -0.15) is 0 Å². The van der Waals surface area contributed by atoms with E-state index in [1.54, 1.807) is 60.8 Å². The Bertz CT molecular complexity index is 1610. The lowest BCUT2D eigenvalue weighted by atomic mass is 10.1. The highest BCUT2D eigenvalue weighted by molar-refractivity contribution is 7.99. The molecule has 1 aliphatic rings. The maximum Gasteiger partial charge on any atom is 0.283 e. The Kier molecular flexibility index (Phi) is 7.43. The van der Waals surface area contributed by atoms with Crippen molar-refractivity contribution >= 4 is 58.4 Å². The second kappa shape index (κ2) is 11.3. The molecule has 1 aromatic heterocycles. The average Bonchev–Trinajstić information content (AvgIpc) is 2.93.